The van der Waals surface area contributed by atoms with Crippen molar-refractivity contribution in [2.24, 2.45) is 11.3 Å². The predicted molar refractivity (Wildman–Crippen MR) is 58.9 cm³/mol. The summed E-state index contributed by atoms with van der Waals surface area (Å²) in [6.45, 7) is 9.33. The van der Waals surface area contributed by atoms with E-state index in [1.165, 1.54) is 38.6 Å². The van der Waals surface area contributed by atoms with Crippen LogP contribution < -0.4 is 5.32 Å². The molecule has 0 aromatic rings. The zero-order valence-corrected chi connectivity index (χ0v) is 9.53. The molecule has 0 aromatic carbocycles. The van der Waals surface area contributed by atoms with Crippen molar-refractivity contribution in [1.82, 2.24) is 5.32 Å². The molecule has 1 nitrogen and oxygen atoms in total. The molecule has 0 saturated heterocycles. The Hall–Kier alpha value is -0.0400. The van der Waals surface area contributed by atoms with E-state index in [-0.39, 0.29) is 0 Å². The van der Waals surface area contributed by atoms with Crippen LogP contribution in [-0.4, -0.2) is 13.1 Å². The van der Waals surface area contributed by atoms with Gasteiger partial charge in [0.15, 0.2) is 0 Å². The SMILES string of the molecule is CCNCC(C)(C)C1CCCCC1. The molecule has 0 bridgehead atoms. The first-order valence-corrected chi connectivity index (χ1v) is 5.87. The van der Waals surface area contributed by atoms with E-state index in [0.29, 0.717) is 5.41 Å². The highest BCUT2D eigenvalue weighted by Crippen LogP contribution is 2.37. The van der Waals surface area contributed by atoms with Crippen LogP contribution in [0.2, 0.25) is 0 Å². The van der Waals surface area contributed by atoms with Gasteiger partial charge in [-0.1, -0.05) is 40.0 Å². The van der Waals surface area contributed by atoms with Gasteiger partial charge in [0.1, 0.15) is 0 Å². The monoisotopic (exact) mass is 183 g/mol. The summed E-state index contributed by atoms with van der Waals surface area (Å²) in [5.74, 6) is 0.959. The lowest BCUT2D eigenvalue weighted by atomic mass is 9.71. The van der Waals surface area contributed by atoms with Crippen LogP contribution in [0, 0.1) is 11.3 Å². The second kappa shape index (κ2) is 4.99. The average Bonchev–Trinajstić information content (AvgIpc) is 2.16. The minimum atomic E-state index is 0.510. The molecule has 1 aliphatic rings. The largest absolute Gasteiger partial charge is 0.316 e. The zero-order valence-electron chi connectivity index (χ0n) is 9.53. The Labute approximate surface area is 83.3 Å². The second-order valence-corrected chi connectivity index (χ2v) is 5.10. The van der Waals surface area contributed by atoms with E-state index in [0.717, 1.165) is 12.5 Å². The first kappa shape index (κ1) is 11.0. The third-order valence-electron chi connectivity index (χ3n) is 3.54. The highest BCUT2D eigenvalue weighted by molar-refractivity contribution is 4.82. The summed E-state index contributed by atoms with van der Waals surface area (Å²) in [6.07, 6.45) is 7.30. The van der Waals surface area contributed by atoms with Gasteiger partial charge in [-0.3, -0.25) is 0 Å². The lowest BCUT2D eigenvalue weighted by Gasteiger charge is -2.37. The van der Waals surface area contributed by atoms with Gasteiger partial charge in [0.2, 0.25) is 0 Å². The maximum Gasteiger partial charge on any atom is 0.000505 e. The van der Waals surface area contributed by atoms with E-state index in [1.54, 1.807) is 0 Å². The number of hydrogen-bond donors (Lipinski definition) is 1. The Morgan fingerprint density at radius 3 is 2.31 bits per heavy atom. The topological polar surface area (TPSA) is 12.0 Å². The fraction of sp³-hybridized carbons (Fsp3) is 1.00. The average molecular weight is 183 g/mol. The van der Waals surface area contributed by atoms with Gasteiger partial charge in [0.25, 0.3) is 0 Å². The van der Waals surface area contributed by atoms with Crippen molar-refractivity contribution >= 4 is 0 Å². The van der Waals surface area contributed by atoms with Crippen molar-refractivity contribution < 1.29 is 0 Å². The smallest absolute Gasteiger partial charge is 0.000505 e. The summed E-state index contributed by atoms with van der Waals surface area (Å²) < 4.78 is 0. The summed E-state index contributed by atoms with van der Waals surface area (Å²) in [7, 11) is 0. The van der Waals surface area contributed by atoms with E-state index < -0.39 is 0 Å². The van der Waals surface area contributed by atoms with Crippen molar-refractivity contribution in [2.75, 3.05) is 13.1 Å². The minimum Gasteiger partial charge on any atom is -0.316 e. The van der Waals surface area contributed by atoms with Crippen molar-refractivity contribution in [3.05, 3.63) is 0 Å². The Morgan fingerprint density at radius 2 is 1.77 bits per heavy atom. The zero-order chi connectivity index (χ0) is 9.73. The third kappa shape index (κ3) is 3.30. The van der Waals surface area contributed by atoms with Crippen LogP contribution in [0.4, 0.5) is 0 Å². The van der Waals surface area contributed by atoms with Gasteiger partial charge in [-0.05, 0) is 30.7 Å². The van der Waals surface area contributed by atoms with Crippen molar-refractivity contribution in [1.29, 1.82) is 0 Å². The van der Waals surface area contributed by atoms with Crippen molar-refractivity contribution in [3.8, 4) is 0 Å². The predicted octanol–water partition coefficient (Wildman–Crippen LogP) is 3.20. The molecule has 0 atom stereocenters. The molecule has 0 aromatic heterocycles. The Kier molecular flexibility index (Phi) is 4.24. The van der Waals surface area contributed by atoms with Gasteiger partial charge in [-0.25, -0.2) is 0 Å². The minimum absolute atomic E-state index is 0.510. The van der Waals surface area contributed by atoms with Crippen LogP contribution in [0.1, 0.15) is 52.9 Å². The molecule has 1 fully saturated rings. The summed E-state index contributed by atoms with van der Waals surface area (Å²) in [5, 5.41) is 3.49. The van der Waals surface area contributed by atoms with Gasteiger partial charge >= 0.3 is 0 Å². The van der Waals surface area contributed by atoms with Crippen LogP contribution >= 0.6 is 0 Å². The molecule has 0 amide bonds. The molecule has 1 N–H and O–H groups in total. The number of hydrogen-bond acceptors (Lipinski definition) is 1. The molecule has 1 aliphatic carbocycles. The molecule has 78 valence electrons. The molecule has 13 heavy (non-hydrogen) atoms. The lowest BCUT2D eigenvalue weighted by molar-refractivity contribution is 0.155. The van der Waals surface area contributed by atoms with Gasteiger partial charge in [0.05, 0.1) is 0 Å². The van der Waals surface area contributed by atoms with Gasteiger partial charge in [-0.2, -0.15) is 0 Å². The van der Waals surface area contributed by atoms with E-state index in [1.807, 2.05) is 0 Å². The van der Waals surface area contributed by atoms with E-state index in [9.17, 15) is 0 Å². The highest BCUT2D eigenvalue weighted by atomic mass is 14.9. The first-order valence-electron chi connectivity index (χ1n) is 5.87. The molecule has 1 saturated carbocycles. The molecule has 0 radical (unpaired) electrons. The molecule has 0 aliphatic heterocycles. The highest BCUT2D eigenvalue weighted by Gasteiger charge is 2.29. The van der Waals surface area contributed by atoms with Crippen LogP contribution in [0.25, 0.3) is 0 Å². The van der Waals surface area contributed by atoms with E-state index in [4.69, 9.17) is 0 Å². The summed E-state index contributed by atoms with van der Waals surface area (Å²) >= 11 is 0. The van der Waals surface area contributed by atoms with Gasteiger partial charge in [-0.15, -0.1) is 0 Å². The van der Waals surface area contributed by atoms with Crippen LogP contribution in [0.15, 0.2) is 0 Å². The fourth-order valence-electron chi connectivity index (χ4n) is 2.48. The molecule has 1 heteroatoms. The summed E-state index contributed by atoms with van der Waals surface area (Å²) in [6, 6.07) is 0. The quantitative estimate of drug-likeness (QED) is 0.705. The normalized spacial score (nSPS) is 20.5. The van der Waals surface area contributed by atoms with E-state index >= 15 is 0 Å². The summed E-state index contributed by atoms with van der Waals surface area (Å²) in [5.41, 5.74) is 0.510. The van der Waals surface area contributed by atoms with Crippen LogP contribution in [0.5, 0.6) is 0 Å². The van der Waals surface area contributed by atoms with Crippen molar-refractivity contribution in [2.45, 2.75) is 52.9 Å². The molecule has 1 rings (SSSR count). The molecular formula is C12H25N. The number of rotatable bonds is 4. The number of nitrogens with one attached hydrogen (secondary N) is 1. The molecule has 0 spiro atoms. The lowest BCUT2D eigenvalue weighted by Crippen LogP contribution is -2.36. The van der Waals surface area contributed by atoms with E-state index in [2.05, 4.69) is 26.1 Å². The van der Waals surface area contributed by atoms with Crippen LogP contribution in [0.3, 0.4) is 0 Å². The van der Waals surface area contributed by atoms with Crippen LogP contribution in [-0.2, 0) is 0 Å². The Morgan fingerprint density at radius 1 is 1.15 bits per heavy atom. The maximum absolute atomic E-state index is 3.49. The Balaban J connectivity index is 2.36. The Bertz CT molecular complexity index is 134. The van der Waals surface area contributed by atoms with Crippen molar-refractivity contribution in [3.63, 3.8) is 0 Å². The molecule has 0 heterocycles. The standard InChI is InChI=1S/C12H25N/c1-4-13-10-12(2,3)11-8-6-5-7-9-11/h11,13H,4-10H2,1-3H3. The molecular weight excluding hydrogens is 158 g/mol. The van der Waals surface area contributed by atoms with Gasteiger partial charge in [0, 0.05) is 6.54 Å². The third-order valence-corrected chi connectivity index (χ3v) is 3.54. The second-order valence-electron chi connectivity index (χ2n) is 5.10. The molecule has 0 unspecified atom stereocenters. The maximum atomic E-state index is 3.49. The fourth-order valence-corrected chi connectivity index (χ4v) is 2.48. The summed E-state index contributed by atoms with van der Waals surface area (Å²) in [4.78, 5) is 0. The van der Waals surface area contributed by atoms with Gasteiger partial charge < -0.3 is 5.32 Å². The first-order chi connectivity index (χ1) is 6.17.